The van der Waals surface area contributed by atoms with Crippen LogP contribution >= 0.6 is 11.3 Å². The summed E-state index contributed by atoms with van der Waals surface area (Å²) in [5.74, 6) is 0.157. The maximum atomic E-state index is 13.9. The summed E-state index contributed by atoms with van der Waals surface area (Å²) in [7, 11) is 1.87. The number of nitrogens with two attached hydrogens (primary N) is 1. The molecular formula is C24H28F2N6OS. The summed E-state index contributed by atoms with van der Waals surface area (Å²) in [6.07, 6.45) is 2.19. The maximum absolute atomic E-state index is 13.9. The minimum atomic E-state index is -0.435. The van der Waals surface area contributed by atoms with Gasteiger partial charge in [-0.2, -0.15) is 0 Å². The monoisotopic (exact) mass is 486 g/mol. The Balaban J connectivity index is 1.28. The summed E-state index contributed by atoms with van der Waals surface area (Å²) >= 11 is 1.18. The van der Waals surface area contributed by atoms with Gasteiger partial charge in [0.2, 0.25) is 0 Å². The van der Waals surface area contributed by atoms with Crippen LogP contribution in [0.4, 0.5) is 20.3 Å². The molecule has 7 nitrogen and oxygen atoms in total. The second-order valence-electron chi connectivity index (χ2n) is 9.16. The summed E-state index contributed by atoms with van der Waals surface area (Å²) in [4.78, 5) is 25.1. The third-order valence-electron chi connectivity index (χ3n) is 6.98. The van der Waals surface area contributed by atoms with Crippen molar-refractivity contribution in [3.63, 3.8) is 0 Å². The summed E-state index contributed by atoms with van der Waals surface area (Å²) in [6, 6.07) is 5.48. The minimum Gasteiger partial charge on any atom is -0.397 e. The first-order chi connectivity index (χ1) is 16.4. The van der Waals surface area contributed by atoms with Gasteiger partial charge in [0.15, 0.2) is 0 Å². The fraction of sp³-hybridized carbons (Fsp3) is 0.458. The van der Waals surface area contributed by atoms with Crippen LogP contribution in [0.3, 0.4) is 0 Å². The number of nitrogens with zero attached hydrogens (tertiary/aromatic N) is 3. The van der Waals surface area contributed by atoms with E-state index in [0.717, 1.165) is 36.5 Å². The number of halogens is 2. The minimum absolute atomic E-state index is 0.0284. The number of nitrogen functional groups attached to an aromatic ring is 1. The predicted octanol–water partition coefficient (Wildman–Crippen LogP) is 3.00. The molecule has 5 rings (SSSR count). The number of carbonyl (C=O) groups is 1. The molecular weight excluding hydrogens is 458 g/mol. The molecule has 1 aliphatic heterocycles. The van der Waals surface area contributed by atoms with E-state index in [9.17, 15) is 13.6 Å². The van der Waals surface area contributed by atoms with Crippen LogP contribution in [0.25, 0.3) is 10.2 Å². The van der Waals surface area contributed by atoms with Crippen LogP contribution in [0.1, 0.15) is 33.0 Å². The zero-order valence-corrected chi connectivity index (χ0v) is 20.0. The van der Waals surface area contributed by atoms with Crippen molar-refractivity contribution in [3.05, 3.63) is 45.8 Å². The number of alkyl halides is 1. The third kappa shape index (κ3) is 4.09. The van der Waals surface area contributed by atoms with Crippen molar-refractivity contribution in [3.8, 4) is 0 Å². The molecule has 3 aromatic rings. The molecule has 1 aliphatic carbocycles. The van der Waals surface area contributed by atoms with Crippen LogP contribution in [-0.4, -0.2) is 54.8 Å². The number of hydrogen-bond acceptors (Lipinski definition) is 7. The summed E-state index contributed by atoms with van der Waals surface area (Å²) in [5, 5.41) is 6.76. The van der Waals surface area contributed by atoms with Crippen molar-refractivity contribution < 1.29 is 13.6 Å². The first-order valence-electron chi connectivity index (χ1n) is 11.5. The fourth-order valence-corrected chi connectivity index (χ4v) is 5.99. The van der Waals surface area contributed by atoms with Gasteiger partial charge in [0, 0.05) is 42.2 Å². The van der Waals surface area contributed by atoms with E-state index < -0.39 is 5.82 Å². The number of likely N-dealkylation sites (N-methyl/N-ethyl adjacent to an activating group) is 1. The molecule has 0 radical (unpaired) electrons. The fourth-order valence-electron chi connectivity index (χ4n) is 4.96. The third-order valence-corrected chi connectivity index (χ3v) is 8.09. The topological polar surface area (TPSA) is 96.2 Å². The quantitative estimate of drug-likeness (QED) is 0.513. The number of rotatable bonds is 5. The smallest absolute Gasteiger partial charge is 0.263 e. The van der Waals surface area contributed by atoms with Gasteiger partial charge in [0.25, 0.3) is 5.91 Å². The highest BCUT2D eigenvalue weighted by Gasteiger charge is 2.33. The molecule has 3 aromatic heterocycles. The largest absolute Gasteiger partial charge is 0.397 e. The van der Waals surface area contributed by atoms with Crippen LogP contribution in [0.2, 0.25) is 0 Å². The number of fused-ring (bicyclic) bond motifs is 2. The van der Waals surface area contributed by atoms with Gasteiger partial charge in [-0.05, 0) is 50.9 Å². The van der Waals surface area contributed by atoms with Crippen molar-refractivity contribution in [1.29, 1.82) is 0 Å². The maximum Gasteiger partial charge on any atom is 0.263 e. The number of hydrogen-bond donors (Lipinski definition) is 3. The Bertz CT molecular complexity index is 1240. The number of carbonyl (C=O) groups excluding carboxylic acids is 1. The Morgan fingerprint density at radius 3 is 2.88 bits per heavy atom. The second kappa shape index (κ2) is 9.07. The number of pyridine rings is 2. The lowest BCUT2D eigenvalue weighted by Gasteiger charge is -2.26. The van der Waals surface area contributed by atoms with E-state index in [1.165, 1.54) is 17.4 Å². The van der Waals surface area contributed by atoms with Crippen LogP contribution < -0.4 is 21.3 Å². The van der Waals surface area contributed by atoms with E-state index in [4.69, 9.17) is 10.7 Å². The Labute approximate surface area is 200 Å². The predicted molar refractivity (Wildman–Crippen MR) is 131 cm³/mol. The SMILES string of the molecule is CNC1CN(c2ccc3c(n2)CCC(NC(=O)c2sc4nc(C)c(F)cc4c2N)C3)CC1CF. The van der Waals surface area contributed by atoms with Crippen LogP contribution in [0.5, 0.6) is 0 Å². The van der Waals surface area contributed by atoms with E-state index in [0.29, 0.717) is 28.1 Å². The molecule has 0 bridgehead atoms. The van der Waals surface area contributed by atoms with Crippen molar-refractivity contribution in [2.75, 3.05) is 37.4 Å². The van der Waals surface area contributed by atoms with Gasteiger partial charge < -0.3 is 21.3 Å². The van der Waals surface area contributed by atoms with Gasteiger partial charge in [-0.3, -0.25) is 9.18 Å². The Morgan fingerprint density at radius 2 is 2.15 bits per heavy atom. The molecule has 34 heavy (non-hydrogen) atoms. The molecule has 10 heteroatoms. The van der Waals surface area contributed by atoms with Crippen molar-refractivity contribution in [2.45, 2.75) is 38.3 Å². The first kappa shape index (κ1) is 22.9. The lowest BCUT2D eigenvalue weighted by Crippen LogP contribution is -2.39. The Kier molecular flexibility index (Phi) is 6.11. The highest BCUT2D eigenvalue weighted by Crippen LogP contribution is 2.34. The number of anilines is 2. The van der Waals surface area contributed by atoms with E-state index in [1.54, 1.807) is 6.92 Å². The Hall–Kier alpha value is -2.85. The van der Waals surface area contributed by atoms with Gasteiger partial charge in [0.1, 0.15) is 21.3 Å². The van der Waals surface area contributed by atoms with E-state index in [2.05, 4.69) is 26.6 Å². The van der Waals surface area contributed by atoms with Crippen LogP contribution in [0.15, 0.2) is 18.2 Å². The average Bonchev–Trinajstić information content (AvgIpc) is 3.40. The molecule has 2 aliphatic rings. The van der Waals surface area contributed by atoms with Gasteiger partial charge in [0.05, 0.1) is 18.1 Å². The molecule has 3 atom stereocenters. The first-order valence-corrected chi connectivity index (χ1v) is 12.3. The van der Waals surface area contributed by atoms with Gasteiger partial charge >= 0.3 is 0 Å². The number of amides is 1. The molecule has 4 N–H and O–H groups in total. The van der Waals surface area contributed by atoms with Gasteiger partial charge in [-0.1, -0.05) is 6.07 Å². The number of nitrogens with one attached hydrogen (secondary N) is 2. The summed E-state index contributed by atoms with van der Waals surface area (Å²) < 4.78 is 27.3. The standard InChI is InChI=1S/C24H28F2N6OS/c1-12-17(26)8-16-21(27)22(34-24(16)29-12)23(33)30-15-4-5-18-13(7-15)3-6-20(31-18)32-10-14(9-25)19(11-32)28-2/h3,6,8,14-15,19,28H,4-5,7,9-11,27H2,1-2H3,(H,30,33). The molecule has 0 spiro atoms. The van der Waals surface area contributed by atoms with Crippen LogP contribution in [-0.2, 0) is 12.8 Å². The lowest BCUT2D eigenvalue weighted by atomic mass is 9.91. The zero-order valence-electron chi connectivity index (χ0n) is 19.2. The molecule has 0 saturated carbocycles. The van der Waals surface area contributed by atoms with E-state index in [-0.39, 0.29) is 42.0 Å². The number of thiophene rings is 1. The van der Waals surface area contributed by atoms with E-state index >= 15 is 0 Å². The van der Waals surface area contributed by atoms with Crippen molar-refractivity contribution in [2.24, 2.45) is 5.92 Å². The second-order valence-corrected chi connectivity index (χ2v) is 10.2. The molecule has 3 unspecified atom stereocenters. The van der Waals surface area contributed by atoms with Gasteiger partial charge in [-0.15, -0.1) is 11.3 Å². The molecule has 1 fully saturated rings. The summed E-state index contributed by atoms with van der Waals surface area (Å²) in [5.41, 5.74) is 8.85. The van der Waals surface area contributed by atoms with E-state index in [1.807, 2.05) is 13.1 Å². The molecule has 4 heterocycles. The molecule has 1 saturated heterocycles. The highest BCUT2D eigenvalue weighted by molar-refractivity contribution is 7.21. The molecule has 0 aromatic carbocycles. The lowest BCUT2D eigenvalue weighted by molar-refractivity contribution is 0.0938. The summed E-state index contributed by atoms with van der Waals surface area (Å²) in [6.45, 7) is 2.64. The van der Waals surface area contributed by atoms with Gasteiger partial charge in [-0.25, -0.2) is 14.4 Å². The molecule has 1 amide bonds. The van der Waals surface area contributed by atoms with Crippen molar-refractivity contribution in [1.82, 2.24) is 20.6 Å². The van der Waals surface area contributed by atoms with Crippen molar-refractivity contribution >= 4 is 39.0 Å². The normalized spacial score (nSPS) is 22.2. The van der Waals surface area contributed by atoms with Crippen LogP contribution in [0, 0.1) is 18.7 Å². The molecule has 180 valence electrons. The highest BCUT2D eigenvalue weighted by atomic mass is 32.1. The number of aryl methyl sites for hydroxylation is 2. The Morgan fingerprint density at radius 1 is 1.32 bits per heavy atom. The average molecular weight is 487 g/mol. The number of aromatic nitrogens is 2. The zero-order chi connectivity index (χ0) is 24.0.